The highest BCUT2D eigenvalue weighted by Gasteiger charge is 2.39. The molecule has 5 nitrogen and oxygen atoms in total. The van der Waals surface area contributed by atoms with E-state index in [1.807, 2.05) is 12.1 Å². The van der Waals surface area contributed by atoms with E-state index in [4.69, 9.17) is 16.2 Å². The number of nitrogens with zero attached hydrogens (tertiary/aromatic N) is 1. The van der Waals surface area contributed by atoms with E-state index in [1.54, 1.807) is 12.1 Å². The van der Waals surface area contributed by atoms with Gasteiger partial charge in [-0.1, -0.05) is 24.3 Å². The highest BCUT2D eigenvalue weighted by molar-refractivity contribution is 5.92. The zero-order chi connectivity index (χ0) is 17.4. The summed E-state index contributed by atoms with van der Waals surface area (Å²) in [5.41, 5.74) is 14.5. The summed E-state index contributed by atoms with van der Waals surface area (Å²) in [6, 6.07) is 16.0. The predicted molar refractivity (Wildman–Crippen MR) is 96.4 cm³/mol. The van der Waals surface area contributed by atoms with Crippen LogP contribution in [0.4, 0.5) is 0 Å². The van der Waals surface area contributed by atoms with E-state index in [1.165, 1.54) is 11.1 Å². The van der Waals surface area contributed by atoms with E-state index in [0.717, 1.165) is 31.7 Å². The maximum absolute atomic E-state index is 11.2. The molecular formula is C20H23N3O2. The molecule has 0 saturated carbocycles. The monoisotopic (exact) mass is 337 g/mol. The smallest absolute Gasteiger partial charge is 0.248 e. The van der Waals surface area contributed by atoms with Crippen molar-refractivity contribution in [3.8, 4) is 5.75 Å². The summed E-state index contributed by atoms with van der Waals surface area (Å²) in [7, 11) is 0. The van der Waals surface area contributed by atoms with Gasteiger partial charge in [0.1, 0.15) is 11.9 Å². The molecule has 130 valence electrons. The number of primary amides is 1. The van der Waals surface area contributed by atoms with Crippen molar-refractivity contribution in [2.45, 2.75) is 31.0 Å². The van der Waals surface area contributed by atoms with Crippen LogP contribution in [0, 0.1) is 0 Å². The van der Waals surface area contributed by atoms with Crippen molar-refractivity contribution in [3.05, 3.63) is 65.2 Å². The summed E-state index contributed by atoms with van der Waals surface area (Å²) in [6.45, 7) is 1.93. The minimum absolute atomic E-state index is 0.0269. The van der Waals surface area contributed by atoms with Crippen LogP contribution in [-0.4, -0.2) is 36.0 Å². The van der Waals surface area contributed by atoms with Crippen LogP contribution >= 0.6 is 0 Å². The molecule has 25 heavy (non-hydrogen) atoms. The van der Waals surface area contributed by atoms with Crippen molar-refractivity contribution in [3.63, 3.8) is 0 Å². The Labute approximate surface area is 147 Å². The lowest BCUT2D eigenvalue weighted by atomic mass is 10.1. The summed E-state index contributed by atoms with van der Waals surface area (Å²) >= 11 is 0. The average Bonchev–Trinajstić information content (AvgIpc) is 3.19. The quantitative estimate of drug-likeness (QED) is 0.892. The molecule has 1 heterocycles. The van der Waals surface area contributed by atoms with E-state index in [2.05, 4.69) is 29.2 Å². The fraction of sp³-hybridized carbons (Fsp3) is 0.350. The molecule has 1 aliphatic heterocycles. The number of fused-ring (bicyclic) bond motifs is 1. The van der Waals surface area contributed by atoms with Crippen molar-refractivity contribution in [1.82, 2.24) is 4.90 Å². The van der Waals surface area contributed by atoms with Crippen LogP contribution < -0.4 is 16.2 Å². The van der Waals surface area contributed by atoms with E-state index >= 15 is 0 Å². The summed E-state index contributed by atoms with van der Waals surface area (Å²) in [4.78, 5) is 13.7. The minimum Gasteiger partial charge on any atom is -0.484 e. The summed E-state index contributed by atoms with van der Waals surface area (Å²) < 4.78 is 6.36. The minimum atomic E-state index is -0.429. The van der Waals surface area contributed by atoms with Crippen LogP contribution in [0.5, 0.6) is 5.75 Å². The fourth-order valence-corrected chi connectivity index (χ4v) is 3.96. The maximum Gasteiger partial charge on any atom is 0.248 e. The van der Waals surface area contributed by atoms with Crippen LogP contribution in [0.1, 0.15) is 34.0 Å². The molecule has 1 aliphatic carbocycles. The number of carbonyl (C=O) groups excluding carboxylic acids is 1. The summed E-state index contributed by atoms with van der Waals surface area (Å²) in [5.74, 6) is 0.321. The summed E-state index contributed by atoms with van der Waals surface area (Å²) in [6.07, 6.45) is 1.99. The number of amides is 1. The Morgan fingerprint density at radius 1 is 1.12 bits per heavy atom. The Hall–Kier alpha value is -2.37. The molecule has 1 amide bonds. The molecule has 4 N–H and O–H groups in total. The molecule has 3 atom stereocenters. The third kappa shape index (κ3) is 3.13. The molecule has 1 unspecified atom stereocenters. The molecule has 2 aliphatic rings. The zero-order valence-electron chi connectivity index (χ0n) is 14.1. The molecule has 5 heteroatoms. The second-order valence-electron chi connectivity index (χ2n) is 6.94. The number of nitrogens with two attached hydrogens (primary N) is 2. The lowest BCUT2D eigenvalue weighted by Crippen LogP contribution is -2.40. The lowest BCUT2D eigenvalue weighted by molar-refractivity contribution is 0.0932. The number of hydrogen-bond acceptors (Lipinski definition) is 4. The Bertz CT molecular complexity index is 775. The van der Waals surface area contributed by atoms with Gasteiger partial charge in [0.05, 0.1) is 6.04 Å². The Balaban J connectivity index is 1.60. The van der Waals surface area contributed by atoms with Gasteiger partial charge < -0.3 is 16.2 Å². The summed E-state index contributed by atoms with van der Waals surface area (Å²) in [5, 5.41) is 0. The van der Waals surface area contributed by atoms with Gasteiger partial charge in [0.15, 0.2) is 0 Å². The molecule has 0 spiro atoms. The van der Waals surface area contributed by atoms with Crippen molar-refractivity contribution < 1.29 is 9.53 Å². The number of carbonyl (C=O) groups is 1. The van der Waals surface area contributed by atoms with Gasteiger partial charge in [0, 0.05) is 24.7 Å². The number of rotatable bonds is 4. The highest BCUT2D eigenvalue weighted by atomic mass is 16.5. The first kappa shape index (κ1) is 16.1. The van der Waals surface area contributed by atoms with E-state index < -0.39 is 5.91 Å². The molecule has 0 radical (unpaired) electrons. The first-order chi connectivity index (χ1) is 12.1. The van der Waals surface area contributed by atoms with Crippen LogP contribution in [-0.2, 0) is 6.42 Å². The van der Waals surface area contributed by atoms with E-state index in [0.29, 0.717) is 11.6 Å². The molecule has 1 fully saturated rings. The average molecular weight is 337 g/mol. The SMILES string of the molecule is NC(=O)c1ccc(O[C@@H]2c3ccccc3C[C@H]2N2CCC(N)C2)cc1. The van der Waals surface area contributed by atoms with Crippen molar-refractivity contribution >= 4 is 5.91 Å². The standard InChI is InChI=1S/C20H23N3O2/c21-15-9-10-23(12-15)18-11-14-3-1-2-4-17(14)19(18)25-16-7-5-13(6-8-16)20(22)24/h1-8,15,18-19H,9-12,21H2,(H2,22,24)/t15?,18-,19-/m1/s1. The van der Waals surface area contributed by atoms with Gasteiger partial charge in [-0.25, -0.2) is 0 Å². The van der Waals surface area contributed by atoms with Gasteiger partial charge in [-0.2, -0.15) is 0 Å². The molecule has 0 aromatic heterocycles. The van der Waals surface area contributed by atoms with Gasteiger partial charge in [-0.05, 0) is 48.2 Å². The number of ether oxygens (including phenoxy) is 1. The Morgan fingerprint density at radius 2 is 1.88 bits per heavy atom. The molecular weight excluding hydrogens is 314 g/mol. The third-order valence-corrected chi connectivity index (χ3v) is 5.27. The van der Waals surface area contributed by atoms with Gasteiger partial charge in [0.2, 0.25) is 5.91 Å². The topological polar surface area (TPSA) is 81.6 Å². The lowest BCUT2D eigenvalue weighted by Gasteiger charge is -2.30. The normalized spacial score (nSPS) is 25.7. The Morgan fingerprint density at radius 3 is 2.56 bits per heavy atom. The second-order valence-corrected chi connectivity index (χ2v) is 6.94. The Kier molecular flexibility index (Phi) is 4.19. The third-order valence-electron chi connectivity index (χ3n) is 5.27. The van der Waals surface area contributed by atoms with Crippen molar-refractivity contribution in [2.75, 3.05) is 13.1 Å². The first-order valence-corrected chi connectivity index (χ1v) is 8.76. The zero-order valence-corrected chi connectivity index (χ0v) is 14.1. The number of likely N-dealkylation sites (tertiary alicyclic amines) is 1. The number of benzene rings is 2. The van der Waals surface area contributed by atoms with E-state index in [9.17, 15) is 4.79 Å². The van der Waals surface area contributed by atoms with Crippen LogP contribution in [0.2, 0.25) is 0 Å². The molecule has 1 saturated heterocycles. The molecule has 0 bridgehead atoms. The van der Waals surface area contributed by atoms with Crippen molar-refractivity contribution in [1.29, 1.82) is 0 Å². The second kappa shape index (κ2) is 6.50. The predicted octanol–water partition coefficient (Wildman–Crippen LogP) is 1.86. The molecule has 4 rings (SSSR count). The number of hydrogen-bond donors (Lipinski definition) is 2. The van der Waals surface area contributed by atoms with Crippen LogP contribution in [0.3, 0.4) is 0 Å². The van der Waals surface area contributed by atoms with Crippen molar-refractivity contribution in [2.24, 2.45) is 11.5 Å². The maximum atomic E-state index is 11.2. The van der Waals surface area contributed by atoms with Gasteiger partial charge in [-0.3, -0.25) is 9.69 Å². The molecule has 2 aromatic rings. The molecule has 2 aromatic carbocycles. The van der Waals surface area contributed by atoms with Crippen LogP contribution in [0.15, 0.2) is 48.5 Å². The van der Waals surface area contributed by atoms with Gasteiger partial charge in [-0.15, -0.1) is 0 Å². The van der Waals surface area contributed by atoms with Crippen LogP contribution in [0.25, 0.3) is 0 Å². The van der Waals surface area contributed by atoms with Gasteiger partial charge >= 0.3 is 0 Å². The fourth-order valence-electron chi connectivity index (χ4n) is 3.96. The first-order valence-electron chi connectivity index (χ1n) is 8.76. The van der Waals surface area contributed by atoms with E-state index in [-0.39, 0.29) is 12.1 Å². The largest absolute Gasteiger partial charge is 0.484 e. The van der Waals surface area contributed by atoms with Gasteiger partial charge in [0.25, 0.3) is 0 Å². The highest BCUT2D eigenvalue weighted by Crippen LogP contribution is 2.39.